The fraction of sp³-hybridized carbons (Fsp3) is 0.190. The molecule has 0 saturated carbocycles. The van der Waals surface area contributed by atoms with Crippen LogP contribution in [-0.4, -0.2) is 23.9 Å². The van der Waals surface area contributed by atoms with E-state index in [1.807, 2.05) is 24.3 Å². The summed E-state index contributed by atoms with van der Waals surface area (Å²) in [7, 11) is 1.58. The quantitative estimate of drug-likeness (QED) is 0.679. The molecule has 0 aliphatic carbocycles. The molecule has 144 valence electrons. The van der Waals surface area contributed by atoms with Gasteiger partial charge < -0.3 is 19.8 Å². The van der Waals surface area contributed by atoms with Crippen molar-refractivity contribution in [2.45, 2.75) is 20.3 Å². The zero-order chi connectivity index (χ0) is 20.1. The highest BCUT2D eigenvalue weighted by Gasteiger charge is 2.17. The Bertz CT molecular complexity index is 1010. The van der Waals surface area contributed by atoms with Crippen molar-refractivity contribution in [3.05, 3.63) is 60.0 Å². The average molecular weight is 379 g/mol. The molecule has 2 aromatic carbocycles. The SMILES string of the molecule is COc1ccccc1-c1nc(CC(=O)Nc2cccc(NC(C)=O)c2)c(C)o1. The maximum Gasteiger partial charge on any atom is 0.230 e. The Morgan fingerprint density at radius 1 is 1.07 bits per heavy atom. The van der Waals surface area contributed by atoms with E-state index in [0.717, 1.165) is 5.56 Å². The van der Waals surface area contributed by atoms with Gasteiger partial charge in [0, 0.05) is 18.3 Å². The number of rotatable bonds is 6. The smallest absolute Gasteiger partial charge is 0.230 e. The van der Waals surface area contributed by atoms with Crippen molar-refractivity contribution in [3.63, 3.8) is 0 Å². The van der Waals surface area contributed by atoms with Crippen LogP contribution in [0.25, 0.3) is 11.5 Å². The topological polar surface area (TPSA) is 93.5 Å². The number of hydrogen-bond acceptors (Lipinski definition) is 5. The Hall–Kier alpha value is -3.61. The maximum absolute atomic E-state index is 12.4. The minimum absolute atomic E-state index is 0.0643. The predicted octanol–water partition coefficient (Wildman–Crippen LogP) is 3.80. The van der Waals surface area contributed by atoms with Crippen molar-refractivity contribution in [1.29, 1.82) is 0 Å². The first-order valence-electron chi connectivity index (χ1n) is 8.73. The van der Waals surface area contributed by atoms with Crippen LogP contribution in [0.5, 0.6) is 5.75 Å². The number of amides is 2. The standard InChI is InChI=1S/C21H21N3O4/c1-13-18(24-21(28-13)17-9-4-5-10-19(17)27-3)12-20(26)23-16-8-6-7-15(11-16)22-14(2)25/h4-11H,12H2,1-3H3,(H,22,25)(H,23,26). The summed E-state index contributed by atoms with van der Waals surface area (Å²) in [4.78, 5) is 28.1. The molecular formula is C21H21N3O4. The number of oxazole rings is 1. The first-order valence-corrected chi connectivity index (χ1v) is 8.73. The van der Waals surface area contributed by atoms with Gasteiger partial charge in [0.2, 0.25) is 17.7 Å². The maximum atomic E-state index is 12.4. The largest absolute Gasteiger partial charge is 0.496 e. The summed E-state index contributed by atoms with van der Waals surface area (Å²) < 4.78 is 11.1. The number of aromatic nitrogens is 1. The molecule has 0 atom stereocenters. The number of methoxy groups -OCH3 is 1. The lowest BCUT2D eigenvalue weighted by molar-refractivity contribution is -0.116. The third kappa shape index (κ3) is 4.56. The number of ether oxygens (including phenoxy) is 1. The lowest BCUT2D eigenvalue weighted by Crippen LogP contribution is -2.15. The lowest BCUT2D eigenvalue weighted by Gasteiger charge is -2.07. The number of para-hydroxylation sites is 1. The zero-order valence-electron chi connectivity index (χ0n) is 15.9. The van der Waals surface area contributed by atoms with Gasteiger partial charge >= 0.3 is 0 Å². The van der Waals surface area contributed by atoms with Crippen LogP contribution < -0.4 is 15.4 Å². The first-order chi connectivity index (χ1) is 13.5. The van der Waals surface area contributed by atoms with E-state index < -0.39 is 0 Å². The summed E-state index contributed by atoms with van der Waals surface area (Å²) in [6, 6.07) is 14.3. The molecule has 28 heavy (non-hydrogen) atoms. The molecule has 0 unspecified atom stereocenters. The molecular weight excluding hydrogens is 358 g/mol. The number of nitrogens with one attached hydrogen (secondary N) is 2. The number of carbonyl (C=O) groups is 2. The van der Waals surface area contributed by atoms with Gasteiger partial charge in [0.15, 0.2) is 0 Å². The van der Waals surface area contributed by atoms with Crippen molar-refractivity contribution in [2.24, 2.45) is 0 Å². The number of benzene rings is 2. The number of nitrogens with zero attached hydrogens (tertiary/aromatic N) is 1. The van der Waals surface area contributed by atoms with Gasteiger partial charge in [-0.25, -0.2) is 4.98 Å². The average Bonchev–Trinajstić information content (AvgIpc) is 3.01. The molecule has 3 rings (SSSR count). The molecule has 3 aromatic rings. The Balaban J connectivity index is 1.73. The fourth-order valence-electron chi connectivity index (χ4n) is 2.76. The molecule has 1 aromatic heterocycles. The van der Waals surface area contributed by atoms with Crippen molar-refractivity contribution < 1.29 is 18.7 Å². The summed E-state index contributed by atoms with van der Waals surface area (Å²) in [6.45, 7) is 3.20. The van der Waals surface area contributed by atoms with Gasteiger partial charge in [0.05, 0.1) is 24.8 Å². The second-order valence-corrected chi connectivity index (χ2v) is 6.21. The molecule has 0 radical (unpaired) electrons. The van der Waals surface area contributed by atoms with Crippen molar-refractivity contribution in [1.82, 2.24) is 4.98 Å². The highest BCUT2D eigenvalue weighted by atomic mass is 16.5. The molecule has 0 aliphatic heterocycles. The zero-order valence-corrected chi connectivity index (χ0v) is 15.9. The van der Waals surface area contributed by atoms with E-state index in [1.54, 1.807) is 38.3 Å². The van der Waals surface area contributed by atoms with E-state index in [2.05, 4.69) is 15.6 Å². The Morgan fingerprint density at radius 3 is 2.50 bits per heavy atom. The first kappa shape index (κ1) is 19.2. The fourth-order valence-corrected chi connectivity index (χ4v) is 2.76. The van der Waals surface area contributed by atoms with Gasteiger partial charge in [-0.1, -0.05) is 18.2 Å². The predicted molar refractivity (Wildman–Crippen MR) is 106 cm³/mol. The van der Waals surface area contributed by atoms with Crippen LogP contribution in [0.1, 0.15) is 18.4 Å². The number of carbonyl (C=O) groups excluding carboxylic acids is 2. The van der Waals surface area contributed by atoms with Crippen LogP contribution in [0.3, 0.4) is 0 Å². The van der Waals surface area contributed by atoms with Crippen molar-refractivity contribution in [2.75, 3.05) is 17.7 Å². The molecule has 0 saturated heterocycles. The van der Waals surface area contributed by atoms with Gasteiger partial charge in [-0.05, 0) is 37.3 Å². The van der Waals surface area contributed by atoms with Gasteiger partial charge in [-0.15, -0.1) is 0 Å². The number of hydrogen-bond donors (Lipinski definition) is 2. The van der Waals surface area contributed by atoms with Crippen LogP contribution in [-0.2, 0) is 16.0 Å². The summed E-state index contributed by atoms with van der Waals surface area (Å²) in [6.07, 6.45) is 0.0643. The molecule has 0 fully saturated rings. The third-order valence-electron chi connectivity index (χ3n) is 4.02. The molecule has 1 heterocycles. The number of anilines is 2. The van der Waals surface area contributed by atoms with Crippen LogP contribution in [0, 0.1) is 6.92 Å². The van der Waals surface area contributed by atoms with Crippen molar-refractivity contribution >= 4 is 23.2 Å². The Morgan fingerprint density at radius 2 is 1.79 bits per heavy atom. The highest BCUT2D eigenvalue weighted by molar-refractivity contribution is 5.94. The van der Waals surface area contributed by atoms with Crippen molar-refractivity contribution in [3.8, 4) is 17.2 Å². The summed E-state index contributed by atoms with van der Waals surface area (Å²) in [5.41, 5.74) is 2.47. The molecule has 2 N–H and O–H groups in total. The van der Waals surface area contributed by atoms with E-state index in [0.29, 0.717) is 34.5 Å². The Kier molecular flexibility index (Phi) is 5.74. The van der Waals surface area contributed by atoms with E-state index in [1.165, 1.54) is 6.92 Å². The van der Waals surface area contributed by atoms with E-state index in [9.17, 15) is 9.59 Å². The normalized spacial score (nSPS) is 10.4. The van der Waals surface area contributed by atoms with E-state index in [4.69, 9.17) is 9.15 Å². The molecule has 7 nitrogen and oxygen atoms in total. The van der Waals surface area contributed by atoms with E-state index >= 15 is 0 Å². The van der Waals surface area contributed by atoms with Crippen LogP contribution in [0.2, 0.25) is 0 Å². The van der Waals surface area contributed by atoms with Gasteiger partial charge in [0.25, 0.3) is 0 Å². The van der Waals surface area contributed by atoms with Gasteiger partial charge in [-0.2, -0.15) is 0 Å². The second-order valence-electron chi connectivity index (χ2n) is 6.21. The second kappa shape index (κ2) is 8.39. The Labute approximate surface area is 162 Å². The molecule has 2 amide bonds. The van der Waals surface area contributed by atoms with Crippen LogP contribution in [0.15, 0.2) is 52.9 Å². The minimum atomic E-state index is -0.233. The molecule has 0 spiro atoms. The molecule has 0 aliphatic rings. The molecule has 0 bridgehead atoms. The summed E-state index contributed by atoms with van der Waals surface area (Å²) in [5.74, 6) is 1.22. The minimum Gasteiger partial charge on any atom is -0.496 e. The lowest BCUT2D eigenvalue weighted by atomic mass is 10.2. The molecule has 7 heteroatoms. The summed E-state index contributed by atoms with van der Waals surface area (Å²) in [5, 5.41) is 5.49. The van der Waals surface area contributed by atoms with Crippen LogP contribution >= 0.6 is 0 Å². The number of aryl methyl sites for hydroxylation is 1. The summed E-state index contributed by atoms with van der Waals surface area (Å²) >= 11 is 0. The van der Waals surface area contributed by atoms with Gasteiger partial charge in [0.1, 0.15) is 11.5 Å². The van der Waals surface area contributed by atoms with Gasteiger partial charge in [-0.3, -0.25) is 9.59 Å². The highest BCUT2D eigenvalue weighted by Crippen LogP contribution is 2.30. The van der Waals surface area contributed by atoms with Crippen LogP contribution in [0.4, 0.5) is 11.4 Å². The monoisotopic (exact) mass is 379 g/mol. The third-order valence-corrected chi connectivity index (χ3v) is 4.02. The van der Waals surface area contributed by atoms with E-state index in [-0.39, 0.29) is 18.2 Å².